The standard InChI is InChI=1S/C20H17F2N5O3/c1-20(21,22)10-25-18(29)17(28)13-9-27(15-8-24-11-26-14(15)7-23)19(30)16(13)12-5-3-2-4-6-12/h2-6,8,11,13,16H,9-10H2,1H3,(H,25,29)/t13-,16+/m0/s1. The van der Waals surface area contributed by atoms with Gasteiger partial charge in [0.15, 0.2) is 5.69 Å². The molecule has 1 aliphatic rings. The van der Waals surface area contributed by atoms with E-state index in [2.05, 4.69) is 9.97 Å². The van der Waals surface area contributed by atoms with Crippen molar-refractivity contribution >= 4 is 23.3 Å². The van der Waals surface area contributed by atoms with Crippen LogP contribution in [0.4, 0.5) is 14.5 Å². The Labute approximate surface area is 170 Å². The molecule has 1 N–H and O–H groups in total. The molecule has 0 spiro atoms. The number of aromatic nitrogens is 2. The molecule has 3 rings (SSSR count). The van der Waals surface area contributed by atoms with Crippen molar-refractivity contribution in [3.63, 3.8) is 0 Å². The molecule has 1 aliphatic heterocycles. The van der Waals surface area contributed by atoms with Crippen molar-refractivity contribution in [3.05, 3.63) is 54.1 Å². The molecule has 2 heterocycles. The first-order valence-electron chi connectivity index (χ1n) is 8.99. The van der Waals surface area contributed by atoms with Crippen LogP contribution in [0.1, 0.15) is 24.1 Å². The molecule has 0 saturated carbocycles. The quantitative estimate of drug-likeness (QED) is 0.717. The smallest absolute Gasteiger partial charge is 0.287 e. The van der Waals surface area contributed by atoms with Gasteiger partial charge >= 0.3 is 0 Å². The van der Waals surface area contributed by atoms with Gasteiger partial charge in [0, 0.05) is 13.5 Å². The van der Waals surface area contributed by atoms with E-state index in [1.165, 1.54) is 11.1 Å². The molecule has 0 bridgehead atoms. The summed E-state index contributed by atoms with van der Waals surface area (Å²) in [6.07, 6.45) is 2.42. The molecule has 1 fully saturated rings. The van der Waals surface area contributed by atoms with Crippen LogP contribution in [0.3, 0.4) is 0 Å². The Hall–Kier alpha value is -3.74. The fourth-order valence-electron chi connectivity index (χ4n) is 3.32. The zero-order valence-electron chi connectivity index (χ0n) is 15.9. The maximum absolute atomic E-state index is 13.2. The highest BCUT2D eigenvalue weighted by atomic mass is 19.3. The fourth-order valence-corrected chi connectivity index (χ4v) is 3.32. The molecule has 30 heavy (non-hydrogen) atoms. The predicted octanol–water partition coefficient (Wildman–Crippen LogP) is 1.44. The number of nitriles is 1. The molecule has 0 unspecified atom stereocenters. The predicted molar refractivity (Wildman–Crippen MR) is 100 cm³/mol. The zero-order chi connectivity index (χ0) is 21.9. The maximum atomic E-state index is 13.2. The van der Waals surface area contributed by atoms with Crippen molar-refractivity contribution in [1.29, 1.82) is 5.26 Å². The molecule has 0 aliphatic carbocycles. The number of hydrogen-bond donors (Lipinski definition) is 1. The second-order valence-electron chi connectivity index (χ2n) is 6.93. The number of alkyl halides is 2. The lowest BCUT2D eigenvalue weighted by Gasteiger charge is -2.16. The van der Waals surface area contributed by atoms with Crippen molar-refractivity contribution in [1.82, 2.24) is 15.3 Å². The van der Waals surface area contributed by atoms with E-state index in [-0.39, 0.29) is 17.9 Å². The van der Waals surface area contributed by atoms with E-state index >= 15 is 0 Å². The second kappa shape index (κ2) is 8.32. The van der Waals surface area contributed by atoms with Crippen molar-refractivity contribution in [2.75, 3.05) is 18.0 Å². The van der Waals surface area contributed by atoms with Crippen molar-refractivity contribution in [3.8, 4) is 6.07 Å². The number of halogens is 2. The number of nitrogens with one attached hydrogen (secondary N) is 1. The number of nitrogens with zero attached hydrogens (tertiary/aromatic N) is 4. The Morgan fingerprint density at radius 1 is 1.33 bits per heavy atom. The van der Waals surface area contributed by atoms with Crippen molar-refractivity contribution < 1.29 is 23.2 Å². The molecule has 2 aromatic rings. The minimum Gasteiger partial charge on any atom is -0.343 e. The highest BCUT2D eigenvalue weighted by Crippen LogP contribution is 2.37. The van der Waals surface area contributed by atoms with Crippen molar-refractivity contribution in [2.45, 2.75) is 18.8 Å². The highest BCUT2D eigenvalue weighted by Gasteiger charge is 2.48. The summed E-state index contributed by atoms with van der Waals surface area (Å²) in [5, 5.41) is 11.2. The van der Waals surface area contributed by atoms with E-state index in [0.717, 1.165) is 6.33 Å². The SMILES string of the molecule is CC(F)(F)CNC(=O)C(=O)[C@H]1CN(c2cncnc2C#N)C(=O)[C@@H]1c1ccccc1. The molecular formula is C20H17F2N5O3. The Bertz CT molecular complexity index is 1020. The van der Waals surface area contributed by atoms with Gasteiger partial charge in [0.2, 0.25) is 11.7 Å². The van der Waals surface area contributed by atoms with Crippen LogP contribution in [0, 0.1) is 17.2 Å². The van der Waals surface area contributed by atoms with E-state index in [0.29, 0.717) is 12.5 Å². The van der Waals surface area contributed by atoms with Gasteiger partial charge in [0.1, 0.15) is 12.4 Å². The molecule has 1 saturated heterocycles. The molecule has 0 radical (unpaired) electrons. The topological polar surface area (TPSA) is 116 Å². The maximum Gasteiger partial charge on any atom is 0.287 e. The van der Waals surface area contributed by atoms with Crippen LogP contribution in [0.2, 0.25) is 0 Å². The van der Waals surface area contributed by atoms with Crippen LogP contribution < -0.4 is 10.2 Å². The molecule has 8 nitrogen and oxygen atoms in total. The third kappa shape index (κ3) is 4.30. The monoisotopic (exact) mass is 413 g/mol. The average Bonchev–Trinajstić information content (AvgIpc) is 3.08. The Morgan fingerprint density at radius 2 is 2.03 bits per heavy atom. The Balaban J connectivity index is 1.95. The summed E-state index contributed by atoms with van der Waals surface area (Å²) >= 11 is 0. The number of benzene rings is 1. The first-order valence-corrected chi connectivity index (χ1v) is 8.99. The number of ketones is 1. The number of Topliss-reactive ketones (excluding diaryl/α,β-unsaturated/α-hetero) is 1. The number of amides is 2. The minimum atomic E-state index is -3.19. The lowest BCUT2D eigenvalue weighted by Crippen LogP contribution is -2.42. The van der Waals surface area contributed by atoms with Crippen LogP contribution in [0.5, 0.6) is 0 Å². The molecule has 154 valence electrons. The van der Waals surface area contributed by atoms with Crippen LogP contribution >= 0.6 is 0 Å². The molecule has 2 atom stereocenters. The first-order chi connectivity index (χ1) is 14.2. The summed E-state index contributed by atoms with van der Waals surface area (Å²) in [7, 11) is 0. The van der Waals surface area contributed by atoms with Gasteiger partial charge in [-0.05, 0) is 5.56 Å². The highest BCUT2D eigenvalue weighted by molar-refractivity contribution is 6.38. The van der Waals surface area contributed by atoms with E-state index < -0.39 is 41.9 Å². The number of anilines is 1. The lowest BCUT2D eigenvalue weighted by molar-refractivity contribution is -0.141. The third-order valence-electron chi connectivity index (χ3n) is 4.68. The molecule has 1 aromatic carbocycles. The fraction of sp³-hybridized carbons (Fsp3) is 0.300. The van der Waals surface area contributed by atoms with Gasteiger partial charge in [-0.3, -0.25) is 14.4 Å². The van der Waals surface area contributed by atoms with Gasteiger partial charge < -0.3 is 10.2 Å². The Morgan fingerprint density at radius 3 is 2.67 bits per heavy atom. The van der Waals surface area contributed by atoms with Gasteiger partial charge in [-0.1, -0.05) is 30.3 Å². The lowest BCUT2D eigenvalue weighted by atomic mass is 9.85. The largest absolute Gasteiger partial charge is 0.343 e. The van der Waals surface area contributed by atoms with Gasteiger partial charge in [-0.15, -0.1) is 0 Å². The van der Waals surface area contributed by atoms with Gasteiger partial charge in [0.25, 0.3) is 11.8 Å². The van der Waals surface area contributed by atoms with E-state index in [1.807, 2.05) is 11.4 Å². The molecule has 10 heteroatoms. The number of carbonyl (C=O) groups excluding carboxylic acids is 3. The first kappa shape index (κ1) is 21.0. The van der Waals surface area contributed by atoms with Crippen LogP contribution in [0.25, 0.3) is 0 Å². The summed E-state index contributed by atoms with van der Waals surface area (Å²) in [6, 6.07) is 10.2. The van der Waals surface area contributed by atoms with Crippen LogP contribution in [-0.2, 0) is 14.4 Å². The van der Waals surface area contributed by atoms with Gasteiger partial charge in [-0.25, -0.2) is 18.7 Å². The number of rotatable bonds is 6. The molecular weight excluding hydrogens is 396 g/mol. The number of hydrogen-bond acceptors (Lipinski definition) is 6. The summed E-state index contributed by atoms with van der Waals surface area (Å²) < 4.78 is 26.1. The van der Waals surface area contributed by atoms with Gasteiger partial charge in [0.05, 0.1) is 30.3 Å². The second-order valence-corrected chi connectivity index (χ2v) is 6.93. The van der Waals surface area contributed by atoms with Gasteiger partial charge in [-0.2, -0.15) is 5.26 Å². The molecule has 2 amide bonds. The minimum absolute atomic E-state index is 0.0617. The van der Waals surface area contributed by atoms with E-state index in [9.17, 15) is 28.4 Å². The van der Waals surface area contributed by atoms with E-state index in [1.54, 1.807) is 30.3 Å². The number of carbonyl (C=O) groups is 3. The molecule has 1 aromatic heterocycles. The zero-order valence-corrected chi connectivity index (χ0v) is 15.9. The third-order valence-corrected chi connectivity index (χ3v) is 4.68. The summed E-state index contributed by atoms with van der Waals surface area (Å²) in [4.78, 5) is 47.0. The van der Waals surface area contributed by atoms with E-state index in [4.69, 9.17) is 0 Å². The normalized spacial score (nSPS) is 18.7. The average molecular weight is 413 g/mol. The van der Waals surface area contributed by atoms with Crippen molar-refractivity contribution in [2.24, 2.45) is 5.92 Å². The summed E-state index contributed by atoms with van der Waals surface area (Å²) in [5.41, 5.74) is 0.544. The van der Waals surface area contributed by atoms with Crippen LogP contribution in [-0.4, -0.2) is 46.6 Å². The van der Waals surface area contributed by atoms with Crippen LogP contribution in [0.15, 0.2) is 42.9 Å². The summed E-state index contributed by atoms with van der Waals surface area (Å²) in [5.74, 6) is -8.02. The Kier molecular flexibility index (Phi) is 5.82. The summed E-state index contributed by atoms with van der Waals surface area (Å²) in [6.45, 7) is -0.595.